The molecule has 140 valence electrons. The van der Waals surface area contributed by atoms with Gasteiger partial charge in [-0.1, -0.05) is 36.4 Å². The van der Waals surface area contributed by atoms with Gasteiger partial charge in [-0.2, -0.15) is 8.42 Å². The van der Waals surface area contributed by atoms with Crippen molar-refractivity contribution in [1.29, 1.82) is 0 Å². The van der Waals surface area contributed by atoms with Crippen LogP contribution in [0.5, 0.6) is 5.75 Å². The minimum atomic E-state index is -3.47. The Morgan fingerprint density at radius 2 is 1.62 bits per heavy atom. The minimum Gasteiger partial charge on any atom is -0.489 e. The van der Waals surface area contributed by atoms with E-state index < -0.39 is 10.1 Å². The molecule has 0 saturated carbocycles. The van der Waals surface area contributed by atoms with E-state index in [4.69, 9.17) is 8.92 Å². The quantitative estimate of drug-likeness (QED) is 0.493. The molecule has 0 unspecified atom stereocenters. The van der Waals surface area contributed by atoms with E-state index in [1.54, 1.807) is 6.07 Å². The van der Waals surface area contributed by atoms with Crippen LogP contribution < -0.4 is 4.74 Å². The number of methoxy groups -OCH3 is 1. The Kier molecular flexibility index (Phi) is 7.17. The van der Waals surface area contributed by atoms with Crippen molar-refractivity contribution in [2.45, 2.75) is 26.1 Å². The monoisotopic (exact) mass is 378 g/mol. The zero-order valence-corrected chi connectivity index (χ0v) is 15.6. The molecule has 0 radical (unpaired) electrons. The van der Waals surface area contributed by atoms with Crippen molar-refractivity contribution in [1.82, 2.24) is 0 Å². The maximum atomic E-state index is 11.2. The molecule has 0 aromatic heterocycles. The van der Waals surface area contributed by atoms with Crippen molar-refractivity contribution in [2.75, 3.05) is 13.4 Å². The van der Waals surface area contributed by atoms with Gasteiger partial charge in [0.05, 0.1) is 20.0 Å². The second kappa shape index (κ2) is 9.35. The highest BCUT2D eigenvalue weighted by molar-refractivity contribution is 7.85. The summed E-state index contributed by atoms with van der Waals surface area (Å²) in [6.07, 6.45) is 1.93. The highest BCUT2D eigenvalue weighted by Crippen LogP contribution is 2.17. The normalized spacial score (nSPS) is 11.2. The largest absolute Gasteiger partial charge is 0.489 e. The number of carbonyl (C=O) groups is 1. The molecule has 26 heavy (non-hydrogen) atoms. The summed E-state index contributed by atoms with van der Waals surface area (Å²) in [4.78, 5) is 11.2. The van der Waals surface area contributed by atoms with E-state index in [-0.39, 0.29) is 12.6 Å². The molecular formula is C19H22O6S. The van der Waals surface area contributed by atoms with E-state index in [1.807, 2.05) is 42.5 Å². The average Bonchev–Trinajstić information content (AvgIpc) is 2.63. The second-order valence-corrected chi connectivity index (χ2v) is 7.44. The summed E-state index contributed by atoms with van der Waals surface area (Å²) in [5.41, 5.74) is 2.64. The summed E-state index contributed by atoms with van der Waals surface area (Å²) < 4.78 is 37.4. The molecule has 0 aliphatic heterocycles. The van der Waals surface area contributed by atoms with E-state index in [9.17, 15) is 13.2 Å². The average molecular weight is 378 g/mol. The summed E-state index contributed by atoms with van der Waals surface area (Å²) in [6.45, 7) is 0.336. The first-order chi connectivity index (χ1) is 12.4. The Balaban J connectivity index is 1.93. The maximum absolute atomic E-state index is 11.2. The number of hydrogen-bond donors (Lipinski definition) is 0. The third-order valence-corrected chi connectivity index (χ3v) is 4.13. The maximum Gasteiger partial charge on any atom is 0.305 e. The SMILES string of the molecule is COC(=O)CCc1cccc(OCc2cccc(COS(C)(=O)=O)c2)c1. The highest BCUT2D eigenvalue weighted by atomic mass is 32.2. The number of ether oxygens (including phenoxy) is 2. The number of benzene rings is 2. The molecule has 0 saturated heterocycles. The molecule has 2 aromatic rings. The van der Waals surface area contributed by atoms with Crippen molar-refractivity contribution in [3.8, 4) is 5.75 Å². The molecule has 0 fully saturated rings. The van der Waals surface area contributed by atoms with Gasteiger partial charge in [-0.05, 0) is 35.2 Å². The lowest BCUT2D eigenvalue weighted by Crippen LogP contribution is -2.03. The van der Waals surface area contributed by atoms with E-state index in [0.717, 1.165) is 22.9 Å². The minimum absolute atomic E-state index is 0.00428. The van der Waals surface area contributed by atoms with Gasteiger partial charge in [0.1, 0.15) is 12.4 Å². The van der Waals surface area contributed by atoms with E-state index in [1.165, 1.54) is 7.11 Å². The Morgan fingerprint density at radius 3 is 2.31 bits per heavy atom. The molecule has 2 rings (SSSR count). The number of esters is 1. The van der Waals surface area contributed by atoms with Crippen molar-refractivity contribution in [3.63, 3.8) is 0 Å². The van der Waals surface area contributed by atoms with Gasteiger partial charge >= 0.3 is 5.97 Å². The smallest absolute Gasteiger partial charge is 0.305 e. The van der Waals surface area contributed by atoms with Crippen LogP contribution in [-0.4, -0.2) is 27.8 Å². The molecule has 6 nitrogen and oxygen atoms in total. The Hall–Kier alpha value is -2.38. The topological polar surface area (TPSA) is 78.9 Å². The van der Waals surface area contributed by atoms with Gasteiger partial charge in [0, 0.05) is 6.42 Å². The van der Waals surface area contributed by atoms with Crippen LogP contribution in [-0.2, 0) is 43.5 Å². The molecule has 0 heterocycles. The Labute approximate surface area is 153 Å². The lowest BCUT2D eigenvalue weighted by Gasteiger charge is -2.09. The highest BCUT2D eigenvalue weighted by Gasteiger charge is 2.05. The summed E-state index contributed by atoms with van der Waals surface area (Å²) >= 11 is 0. The fourth-order valence-electron chi connectivity index (χ4n) is 2.29. The fraction of sp³-hybridized carbons (Fsp3) is 0.316. The van der Waals surface area contributed by atoms with Crippen LogP contribution >= 0.6 is 0 Å². The van der Waals surface area contributed by atoms with Gasteiger partial charge in [-0.25, -0.2) is 0 Å². The predicted molar refractivity (Wildman–Crippen MR) is 97.2 cm³/mol. The first-order valence-electron chi connectivity index (χ1n) is 8.06. The van der Waals surface area contributed by atoms with Crippen LogP contribution in [0.1, 0.15) is 23.1 Å². The van der Waals surface area contributed by atoms with Gasteiger partial charge in [0.25, 0.3) is 10.1 Å². The molecule has 0 amide bonds. The van der Waals surface area contributed by atoms with Crippen LogP contribution in [0.15, 0.2) is 48.5 Å². The number of hydrogen-bond acceptors (Lipinski definition) is 6. The first-order valence-corrected chi connectivity index (χ1v) is 9.88. The van der Waals surface area contributed by atoms with E-state index in [2.05, 4.69) is 4.74 Å². The Bertz CT molecular complexity index is 845. The molecule has 0 N–H and O–H groups in total. The molecule has 0 bridgehead atoms. The molecule has 0 aliphatic carbocycles. The fourth-order valence-corrected chi connectivity index (χ4v) is 2.64. The van der Waals surface area contributed by atoms with Crippen LogP contribution in [0.3, 0.4) is 0 Å². The zero-order valence-electron chi connectivity index (χ0n) is 14.8. The molecule has 2 aromatic carbocycles. The second-order valence-electron chi connectivity index (χ2n) is 5.80. The van der Waals surface area contributed by atoms with Crippen LogP contribution in [0.4, 0.5) is 0 Å². The van der Waals surface area contributed by atoms with Crippen molar-refractivity contribution >= 4 is 16.1 Å². The van der Waals surface area contributed by atoms with Crippen molar-refractivity contribution < 1.29 is 26.9 Å². The third-order valence-electron chi connectivity index (χ3n) is 3.58. The summed E-state index contributed by atoms with van der Waals surface area (Å²) in [6, 6.07) is 14.9. The summed E-state index contributed by atoms with van der Waals surface area (Å²) in [5, 5.41) is 0. The summed E-state index contributed by atoms with van der Waals surface area (Å²) in [7, 11) is -2.10. The van der Waals surface area contributed by atoms with Crippen molar-refractivity contribution in [2.24, 2.45) is 0 Å². The number of aryl methyl sites for hydroxylation is 1. The lowest BCUT2D eigenvalue weighted by molar-refractivity contribution is -0.140. The zero-order chi connectivity index (χ0) is 19.0. The predicted octanol–water partition coefficient (Wildman–Crippen LogP) is 2.85. The molecular weight excluding hydrogens is 356 g/mol. The molecule has 0 atom stereocenters. The molecule has 7 heteroatoms. The van der Waals surface area contributed by atoms with E-state index >= 15 is 0 Å². The molecule has 0 aliphatic rings. The van der Waals surface area contributed by atoms with Crippen molar-refractivity contribution in [3.05, 3.63) is 65.2 Å². The van der Waals surface area contributed by atoms with E-state index in [0.29, 0.717) is 25.2 Å². The van der Waals surface area contributed by atoms with Crippen LogP contribution in [0.2, 0.25) is 0 Å². The number of carbonyl (C=O) groups excluding carboxylic acids is 1. The third kappa shape index (κ3) is 7.25. The van der Waals surface area contributed by atoms with Crippen LogP contribution in [0.25, 0.3) is 0 Å². The van der Waals surface area contributed by atoms with Gasteiger partial charge < -0.3 is 9.47 Å². The lowest BCUT2D eigenvalue weighted by atomic mass is 10.1. The summed E-state index contributed by atoms with van der Waals surface area (Å²) in [5.74, 6) is 0.453. The van der Waals surface area contributed by atoms with Gasteiger partial charge in [0.2, 0.25) is 0 Å². The van der Waals surface area contributed by atoms with Crippen LogP contribution in [0, 0.1) is 0 Å². The van der Waals surface area contributed by atoms with Gasteiger partial charge in [0.15, 0.2) is 0 Å². The van der Waals surface area contributed by atoms with Gasteiger partial charge in [-0.15, -0.1) is 0 Å². The number of rotatable bonds is 9. The first kappa shape index (κ1) is 19.9. The Morgan fingerprint density at radius 1 is 0.962 bits per heavy atom. The standard InChI is InChI=1S/C19H22O6S/c1-23-19(20)10-9-15-5-4-8-18(12-15)24-13-16-6-3-7-17(11-16)14-25-26(2,21)22/h3-8,11-12H,9-10,13-14H2,1-2H3. The van der Waals surface area contributed by atoms with Gasteiger partial charge in [-0.3, -0.25) is 8.98 Å². The molecule has 0 spiro atoms.